The van der Waals surface area contributed by atoms with E-state index in [0.717, 1.165) is 33.4 Å². The fourth-order valence-corrected chi connectivity index (χ4v) is 4.14. The lowest BCUT2D eigenvalue weighted by molar-refractivity contribution is 0.174. The maximum Gasteiger partial charge on any atom is 0.318 e. The molecule has 0 bridgehead atoms. The van der Waals surface area contributed by atoms with Gasteiger partial charge in [0.05, 0.1) is 31.6 Å². The minimum absolute atomic E-state index is 0.00339. The number of aryl methyl sites for hydroxylation is 1. The molecule has 4 rings (SSSR count). The van der Waals surface area contributed by atoms with E-state index in [4.69, 9.17) is 4.74 Å². The fraction of sp³-hybridized carbons (Fsp3) is 0.389. The van der Waals surface area contributed by atoms with Crippen LogP contribution in [0.3, 0.4) is 0 Å². The van der Waals surface area contributed by atoms with E-state index in [0.29, 0.717) is 13.1 Å². The summed E-state index contributed by atoms with van der Waals surface area (Å²) >= 11 is 1.54. The Morgan fingerprint density at radius 2 is 2.31 bits per heavy atom. The molecule has 1 aliphatic heterocycles. The third-order valence-corrected chi connectivity index (χ3v) is 5.61. The summed E-state index contributed by atoms with van der Waals surface area (Å²) in [5, 5.41) is 8.29. The summed E-state index contributed by atoms with van der Waals surface area (Å²) in [6, 6.07) is 6.01. The molecule has 0 saturated heterocycles. The van der Waals surface area contributed by atoms with Crippen molar-refractivity contribution in [3.63, 3.8) is 0 Å². The number of carbonyl (C=O) groups excluding carboxylic acids is 1. The highest BCUT2D eigenvalue weighted by Gasteiger charge is 2.28. The minimum atomic E-state index is -0.0773. The molecule has 1 N–H and O–H groups in total. The normalized spacial score (nSPS) is 16.6. The fourth-order valence-electron chi connectivity index (χ4n) is 3.39. The van der Waals surface area contributed by atoms with Gasteiger partial charge in [0.1, 0.15) is 10.8 Å². The summed E-state index contributed by atoms with van der Waals surface area (Å²) in [6.45, 7) is 5.09. The van der Waals surface area contributed by atoms with E-state index in [1.165, 1.54) is 16.9 Å². The number of amides is 2. The van der Waals surface area contributed by atoms with E-state index in [1.807, 2.05) is 30.2 Å². The van der Waals surface area contributed by atoms with Crippen molar-refractivity contribution in [1.29, 1.82) is 0 Å². The lowest BCUT2D eigenvalue weighted by Gasteiger charge is -2.35. The van der Waals surface area contributed by atoms with Gasteiger partial charge in [0, 0.05) is 6.54 Å². The number of ether oxygens (including phenoxy) is 1. The van der Waals surface area contributed by atoms with Gasteiger partial charge in [0.2, 0.25) is 4.96 Å². The number of nitrogens with one attached hydrogen (secondary N) is 1. The van der Waals surface area contributed by atoms with Crippen molar-refractivity contribution in [2.45, 2.75) is 32.9 Å². The van der Waals surface area contributed by atoms with Crippen LogP contribution in [-0.4, -0.2) is 39.2 Å². The van der Waals surface area contributed by atoms with Crippen molar-refractivity contribution in [3.8, 4) is 5.75 Å². The zero-order valence-electron chi connectivity index (χ0n) is 15.0. The van der Waals surface area contributed by atoms with Crippen molar-refractivity contribution in [3.05, 3.63) is 46.2 Å². The van der Waals surface area contributed by atoms with E-state index >= 15 is 0 Å². The number of hydrogen-bond acceptors (Lipinski definition) is 5. The Labute approximate surface area is 155 Å². The lowest BCUT2D eigenvalue weighted by atomic mass is 9.93. The van der Waals surface area contributed by atoms with Crippen molar-refractivity contribution >= 4 is 22.3 Å². The molecular formula is C18H21N5O2S. The maximum atomic E-state index is 12.7. The van der Waals surface area contributed by atoms with Crippen LogP contribution >= 0.6 is 11.3 Å². The van der Waals surface area contributed by atoms with E-state index in [9.17, 15) is 4.79 Å². The first kappa shape index (κ1) is 16.8. The van der Waals surface area contributed by atoms with Crippen molar-refractivity contribution in [1.82, 2.24) is 24.8 Å². The first-order chi connectivity index (χ1) is 12.5. The highest BCUT2D eigenvalue weighted by molar-refractivity contribution is 7.16. The predicted octanol–water partition coefficient (Wildman–Crippen LogP) is 2.94. The van der Waals surface area contributed by atoms with Gasteiger partial charge in [-0.05, 0) is 43.5 Å². The minimum Gasteiger partial charge on any atom is -0.497 e. The van der Waals surface area contributed by atoms with Crippen LogP contribution in [0.25, 0.3) is 4.96 Å². The summed E-state index contributed by atoms with van der Waals surface area (Å²) < 4.78 is 7.08. The van der Waals surface area contributed by atoms with Crippen LogP contribution in [-0.2, 0) is 13.0 Å². The van der Waals surface area contributed by atoms with Crippen LogP contribution in [0.2, 0.25) is 0 Å². The standard InChI is InChI=1S/C18H21N5O2S/c1-11-16-8-15(25-3)5-4-13(16)6-7-22(11)17(24)19-9-14-10-23-18(20-14)26-12(2)21-23/h4-5,8,10-11H,6-7,9H2,1-3H3,(H,19,24). The second kappa shape index (κ2) is 6.60. The molecule has 0 fully saturated rings. The Balaban J connectivity index is 1.44. The van der Waals surface area contributed by atoms with Gasteiger partial charge in [0.15, 0.2) is 0 Å². The molecule has 26 heavy (non-hydrogen) atoms. The number of urea groups is 1. The highest BCUT2D eigenvalue weighted by Crippen LogP contribution is 2.32. The average molecular weight is 371 g/mol. The Kier molecular flexibility index (Phi) is 4.28. The summed E-state index contributed by atoms with van der Waals surface area (Å²) in [5.41, 5.74) is 3.23. The molecule has 3 heterocycles. The number of methoxy groups -OCH3 is 1. The van der Waals surface area contributed by atoms with E-state index in [1.54, 1.807) is 11.6 Å². The number of hydrogen-bond donors (Lipinski definition) is 1. The van der Waals surface area contributed by atoms with Gasteiger partial charge in [0.25, 0.3) is 0 Å². The van der Waals surface area contributed by atoms with Crippen molar-refractivity contribution < 1.29 is 9.53 Å². The van der Waals surface area contributed by atoms with Gasteiger partial charge >= 0.3 is 6.03 Å². The molecule has 1 aliphatic rings. The first-order valence-corrected chi connectivity index (χ1v) is 9.40. The zero-order chi connectivity index (χ0) is 18.3. The molecule has 3 aromatic rings. The van der Waals surface area contributed by atoms with Crippen LogP contribution in [0.5, 0.6) is 5.75 Å². The summed E-state index contributed by atoms with van der Waals surface area (Å²) in [7, 11) is 1.66. The van der Waals surface area contributed by atoms with E-state index in [2.05, 4.69) is 28.4 Å². The summed E-state index contributed by atoms with van der Waals surface area (Å²) in [6.07, 6.45) is 2.71. The van der Waals surface area contributed by atoms with E-state index in [-0.39, 0.29) is 12.1 Å². The number of benzene rings is 1. The number of imidazole rings is 1. The van der Waals surface area contributed by atoms with Crippen LogP contribution < -0.4 is 10.1 Å². The first-order valence-electron chi connectivity index (χ1n) is 8.58. The third kappa shape index (κ3) is 3.01. The topological polar surface area (TPSA) is 71.8 Å². The molecule has 0 radical (unpaired) electrons. The maximum absolute atomic E-state index is 12.7. The van der Waals surface area contributed by atoms with Gasteiger partial charge in [-0.15, -0.1) is 0 Å². The monoisotopic (exact) mass is 371 g/mol. The Morgan fingerprint density at radius 1 is 1.46 bits per heavy atom. The number of fused-ring (bicyclic) bond motifs is 2. The molecule has 136 valence electrons. The molecule has 0 saturated carbocycles. The van der Waals surface area contributed by atoms with Crippen LogP contribution in [0, 0.1) is 6.92 Å². The molecule has 0 aliphatic carbocycles. The molecule has 1 atom stereocenters. The molecule has 0 spiro atoms. The van der Waals surface area contributed by atoms with Crippen LogP contribution in [0.4, 0.5) is 4.79 Å². The van der Waals surface area contributed by atoms with Gasteiger partial charge < -0.3 is 15.0 Å². The second-order valence-electron chi connectivity index (χ2n) is 6.42. The lowest BCUT2D eigenvalue weighted by Crippen LogP contribution is -2.44. The van der Waals surface area contributed by atoms with Crippen molar-refractivity contribution in [2.24, 2.45) is 0 Å². The quantitative estimate of drug-likeness (QED) is 0.768. The number of carbonyl (C=O) groups is 1. The van der Waals surface area contributed by atoms with Crippen molar-refractivity contribution in [2.75, 3.05) is 13.7 Å². The Hall–Kier alpha value is -2.61. The molecule has 2 amide bonds. The number of rotatable bonds is 3. The Morgan fingerprint density at radius 3 is 3.08 bits per heavy atom. The van der Waals surface area contributed by atoms with Gasteiger partial charge in [-0.3, -0.25) is 0 Å². The second-order valence-corrected chi connectivity index (χ2v) is 7.58. The smallest absolute Gasteiger partial charge is 0.318 e. The number of aromatic nitrogens is 3. The summed E-state index contributed by atoms with van der Waals surface area (Å²) in [5.74, 6) is 0.818. The van der Waals surface area contributed by atoms with Gasteiger partial charge in [-0.1, -0.05) is 17.4 Å². The molecule has 7 nitrogen and oxygen atoms in total. The number of nitrogens with zero attached hydrogens (tertiary/aromatic N) is 4. The molecule has 8 heteroatoms. The summed E-state index contributed by atoms with van der Waals surface area (Å²) in [4.78, 5) is 19.9. The average Bonchev–Trinajstić information content (AvgIpc) is 3.16. The molecule has 1 aromatic carbocycles. The van der Waals surface area contributed by atoms with Gasteiger partial charge in [-0.2, -0.15) is 5.10 Å². The predicted molar refractivity (Wildman–Crippen MR) is 99.7 cm³/mol. The Bertz CT molecular complexity index is 932. The highest BCUT2D eigenvalue weighted by atomic mass is 32.1. The third-order valence-electron chi connectivity index (χ3n) is 4.77. The zero-order valence-corrected chi connectivity index (χ0v) is 15.8. The van der Waals surface area contributed by atoms with Crippen LogP contribution in [0.1, 0.15) is 34.8 Å². The van der Waals surface area contributed by atoms with Crippen LogP contribution in [0.15, 0.2) is 24.4 Å². The molecule has 1 unspecified atom stereocenters. The largest absolute Gasteiger partial charge is 0.497 e. The van der Waals surface area contributed by atoms with Gasteiger partial charge in [-0.25, -0.2) is 14.3 Å². The molecule has 2 aromatic heterocycles. The molecular weight excluding hydrogens is 350 g/mol. The SMILES string of the molecule is COc1ccc2c(c1)C(C)N(C(=O)NCc1cn3nc(C)sc3n1)CC2. The van der Waals surface area contributed by atoms with E-state index < -0.39 is 0 Å².